The summed E-state index contributed by atoms with van der Waals surface area (Å²) in [5.74, 6) is 0.0590. The highest BCUT2D eigenvalue weighted by atomic mass is 35.5. The molecule has 6 heteroatoms. The van der Waals surface area contributed by atoms with Gasteiger partial charge in [0, 0.05) is 18.2 Å². The van der Waals surface area contributed by atoms with Gasteiger partial charge in [0.2, 0.25) is 0 Å². The van der Waals surface area contributed by atoms with E-state index in [0.29, 0.717) is 22.7 Å². The highest BCUT2D eigenvalue weighted by Gasteiger charge is 2.44. The number of aromatic nitrogens is 1. The molecule has 0 aliphatic carbocycles. The highest BCUT2D eigenvalue weighted by Crippen LogP contribution is 2.43. The van der Waals surface area contributed by atoms with Gasteiger partial charge in [0.15, 0.2) is 11.5 Å². The first-order valence-corrected chi connectivity index (χ1v) is 5.90. The van der Waals surface area contributed by atoms with Crippen molar-refractivity contribution in [2.24, 2.45) is 0 Å². The fourth-order valence-corrected chi connectivity index (χ4v) is 2.08. The molecular formula is C13H8ClF2NO2. The van der Waals surface area contributed by atoms with Gasteiger partial charge in [-0.05, 0) is 18.2 Å². The monoisotopic (exact) mass is 283 g/mol. The van der Waals surface area contributed by atoms with Crippen LogP contribution in [-0.4, -0.2) is 11.3 Å². The maximum Gasteiger partial charge on any atom is 0.586 e. The van der Waals surface area contributed by atoms with Crippen LogP contribution in [-0.2, 0) is 6.42 Å². The number of halogens is 3. The Kier molecular flexibility index (Phi) is 2.78. The molecule has 19 heavy (non-hydrogen) atoms. The fourth-order valence-electron chi connectivity index (χ4n) is 1.89. The normalized spacial score (nSPS) is 15.5. The van der Waals surface area contributed by atoms with Crippen LogP contribution in [0, 0.1) is 0 Å². The van der Waals surface area contributed by atoms with E-state index >= 15 is 0 Å². The lowest BCUT2D eigenvalue weighted by atomic mass is 10.1. The van der Waals surface area contributed by atoms with Crippen molar-refractivity contribution in [3.05, 3.63) is 52.8 Å². The molecule has 3 nitrogen and oxygen atoms in total. The Morgan fingerprint density at radius 2 is 2.00 bits per heavy atom. The van der Waals surface area contributed by atoms with Crippen LogP contribution in [0.5, 0.6) is 11.5 Å². The van der Waals surface area contributed by atoms with E-state index in [1.165, 1.54) is 6.07 Å². The topological polar surface area (TPSA) is 31.4 Å². The molecule has 2 aromatic rings. The summed E-state index contributed by atoms with van der Waals surface area (Å²) in [7, 11) is 0. The Labute approximate surface area is 112 Å². The fraction of sp³-hybridized carbons (Fsp3) is 0.154. The number of hydrogen-bond donors (Lipinski definition) is 0. The van der Waals surface area contributed by atoms with Crippen LogP contribution in [0.4, 0.5) is 8.78 Å². The molecule has 0 saturated carbocycles. The number of rotatable bonds is 2. The van der Waals surface area contributed by atoms with Gasteiger partial charge in [0.25, 0.3) is 0 Å². The molecular weight excluding hydrogens is 276 g/mol. The van der Waals surface area contributed by atoms with Gasteiger partial charge in [-0.3, -0.25) is 4.98 Å². The van der Waals surface area contributed by atoms with Gasteiger partial charge >= 0.3 is 6.29 Å². The zero-order valence-corrected chi connectivity index (χ0v) is 10.3. The molecule has 0 bridgehead atoms. The van der Waals surface area contributed by atoms with Crippen LogP contribution in [0.3, 0.4) is 0 Å². The van der Waals surface area contributed by atoms with E-state index in [1.54, 1.807) is 30.5 Å². The Balaban J connectivity index is 1.96. The van der Waals surface area contributed by atoms with Gasteiger partial charge in [-0.25, -0.2) is 0 Å². The molecule has 0 saturated heterocycles. The zero-order chi connectivity index (χ0) is 13.5. The number of pyridine rings is 1. The Hall–Kier alpha value is -1.88. The van der Waals surface area contributed by atoms with E-state index in [9.17, 15) is 8.78 Å². The van der Waals surface area contributed by atoms with E-state index in [4.69, 9.17) is 11.6 Å². The number of alkyl halides is 2. The summed E-state index contributed by atoms with van der Waals surface area (Å²) in [5.41, 5.74) is 1.15. The second-order valence-electron chi connectivity index (χ2n) is 4.02. The predicted octanol–water partition coefficient (Wildman–Crippen LogP) is 3.65. The van der Waals surface area contributed by atoms with E-state index in [2.05, 4.69) is 14.5 Å². The Bertz CT molecular complexity index is 634. The third-order valence-corrected chi connectivity index (χ3v) is 3.05. The minimum atomic E-state index is -3.62. The van der Waals surface area contributed by atoms with Crippen molar-refractivity contribution in [2.75, 3.05) is 0 Å². The van der Waals surface area contributed by atoms with Crippen molar-refractivity contribution < 1.29 is 18.3 Å². The summed E-state index contributed by atoms with van der Waals surface area (Å²) in [6.07, 6.45) is -1.73. The molecule has 1 aliphatic heterocycles. The maximum absolute atomic E-state index is 13.0. The standard InChI is InChI=1S/C13H8ClF2NO2/c14-9-4-2-6-17-10(9)7-8-3-1-5-11-12(8)19-13(15,16)18-11/h1-6H,7H2. The number of para-hydroxylation sites is 1. The lowest BCUT2D eigenvalue weighted by molar-refractivity contribution is -0.286. The van der Waals surface area contributed by atoms with Crippen LogP contribution >= 0.6 is 11.6 Å². The van der Waals surface area contributed by atoms with Gasteiger partial charge in [-0.1, -0.05) is 23.7 Å². The lowest BCUT2D eigenvalue weighted by Gasteiger charge is -2.07. The summed E-state index contributed by atoms with van der Waals surface area (Å²) in [6.45, 7) is 0. The van der Waals surface area contributed by atoms with E-state index < -0.39 is 6.29 Å². The third kappa shape index (κ3) is 2.33. The minimum Gasteiger partial charge on any atom is -0.395 e. The first-order chi connectivity index (χ1) is 9.05. The van der Waals surface area contributed by atoms with Crippen molar-refractivity contribution in [2.45, 2.75) is 12.7 Å². The van der Waals surface area contributed by atoms with Crippen molar-refractivity contribution in [1.82, 2.24) is 4.98 Å². The van der Waals surface area contributed by atoms with Crippen LogP contribution in [0.1, 0.15) is 11.3 Å². The number of nitrogens with zero attached hydrogens (tertiary/aromatic N) is 1. The summed E-state index contributed by atoms with van der Waals surface area (Å²) >= 11 is 6.00. The summed E-state index contributed by atoms with van der Waals surface area (Å²) in [6, 6.07) is 8.12. The highest BCUT2D eigenvalue weighted by molar-refractivity contribution is 6.31. The summed E-state index contributed by atoms with van der Waals surface area (Å²) < 4.78 is 35.0. The first-order valence-electron chi connectivity index (χ1n) is 5.52. The molecule has 0 atom stereocenters. The van der Waals surface area contributed by atoms with E-state index in [1.807, 2.05) is 0 Å². The van der Waals surface area contributed by atoms with Gasteiger partial charge in [0.05, 0.1) is 10.7 Å². The van der Waals surface area contributed by atoms with Gasteiger partial charge in [-0.15, -0.1) is 8.78 Å². The van der Waals surface area contributed by atoms with E-state index in [0.717, 1.165) is 0 Å². The maximum atomic E-state index is 13.0. The first kappa shape index (κ1) is 12.2. The molecule has 0 spiro atoms. The van der Waals surface area contributed by atoms with Gasteiger partial charge in [0.1, 0.15) is 0 Å². The molecule has 0 radical (unpaired) electrons. The quantitative estimate of drug-likeness (QED) is 0.843. The molecule has 0 unspecified atom stereocenters. The Morgan fingerprint density at radius 1 is 1.16 bits per heavy atom. The number of hydrogen-bond acceptors (Lipinski definition) is 3. The van der Waals surface area contributed by atoms with Gasteiger partial charge < -0.3 is 9.47 Å². The number of ether oxygens (including phenoxy) is 2. The second kappa shape index (κ2) is 4.35. The molecule has 1 aliphatic rings. The van der Waals surface area contributed by atoms with Crippen LogP contribution in [0.15, 0.2) is 36.5 Å². The SMILES string of the molecule is FC1(F)Oc2cccc(Cc3ncccc3Cl)c2O1. The largest absolute Gasteiger partial charge is 0.586 e. The number of fused-ring (bicyclic) bond motifs is 1. The summed E-state index contributed by atoms with van der Waals surface area (Å²) in [4.78, 5) is 4.12. The second-order valence-corrected chi connectivity index (χ2v) is 4.43. The molecule has 1 aromatic heterocycles. The third-order valence-electron chi connectivity index (χ3n) is 2.70. The molecule has 0 fully saturated rings. The molecule has 1 aromatic carbocycles. The average Bonchev–Trinajstić information content (AvgIpc) is 2.67. The molecule has 0 amide bonds. The number of benzene rings is 1. The van der Waals surface area contributed by atoms with Gasteiger partial charge in [-0.2, -0.15) is 0 Å². The molecule has 3 rings (SSSR count). The van der Waals surface area contributed by atoms with Crippen LogP contribution < -0.4 is 9.47 Å². The minimum absolute atomic E-state index is 0.0227. The molecule has 2 heterocycles. The van der Waals surface area contributed by atoms with Crippen molar-refractivity contribution >= 4 is 11.6 Å². The Morgan fingerprint density at radius 3 is 2.79 bits per heavy atom. The predicted molar refractivity (Wildman–Crippen MR) is 64.7 cm³/mol. The zero-order valence-electron chi connectivity index (χ0n) is 9.57. The molecule has 98 valence electrons. The lowest BCUT2D eigenvalue weighted by Crippen LogP contribution is -2.26. The smallest absolute Gasteiger partial charge is 0.395 e. The van der Waals surface area contributed by atoms with Crippen LogP contribution in [0.25, 0.3) is 0 Å². The van der Waals surface area contributed by atoms with Crippen LogP contribution in [0.2, 0.25) is 5.02 Å². The van der Waals surface area contributed by atoms with Crippen molar-refractivity contribution in [1.29, 1.82) is 0 Å². The molecule has 0 N–H and O–H groups in total. The van der Waals surface area contributed by atoms with Crippen molar-refractivity contribution in [3.8, 4) is 11.5 Å². The van der Waals surface area contributed by atoms with Crippen molar-refractivity contribution in [3.63, 3.8) is 0 Å². The average molecular weight is 284 g/mol. The summed E-state index contributed by atoms with van der Waals surface area (Å²) in [5, 5.41) is 0.478. The van der Waals surface area contributed by atoms with E-state index in [-0.39, 0.29) is 11.5 Å².